The van der Waals surface area contributed by atoms with Gasteiger partial charge in [0.1, 0.15) is 0 Å². The molecular weight excluding hydrogens is 364 g/mol. The van der Waals surface area contributed by atoms with Gasteiger partial charge in [-0.05, 0) is 36.4 Å². The molecule has 2 aromatic rings. The van der Waals surface area contributed by atoms with Crippen molar-refractivity contribution in [2.75, 3.05) is 13.1 Å². The fourth-order valence-corrected chi connectivity index (χ4v) is 4.09. The van der Waals surface area contributed by atoms with E-state index in [1.807, 2.05) is 11.3 Å². The maximum absolute atomic E-state index is 12.1. The Bertz CT molecular complexity index is 986. The van der Waals surface area contributed by atoms with Crippen LogP contribution < -0.4 is 16.6 Å². The minimum absolute atomic E-state index is 0.223. The number of amides is 1. The molecule has 1 amide bonds. The summed E-state index contributed by atoms with van der Waals surface area (Å²) in [4.78, 5) is 39.7. The fourth-order valence-electron chi connectivity index (χ4n) is 3.20. The van der Waals surface area contributed by atoms with E-state index in [-0.39, 0.29) is 11.9 Å². The van der Waals surface area contributed by atoms with E-state index in [1.165, 1.54) is 40.4 Å². The van der Waals surface area contributed by atoms with Crippen LogP contribution in [0.15, 0.2) is 33.3 Å². The molecule has 8 heteroatoms. The van der Waals surface area contributed by atoms with Crippen molar-refractivity contribution in [3.05, 3.63) is 60.6 Å². The summed E-state index contributed by atoms with van der Waals surface area (Å²) in [5, 5.41) is 5.02. The third-order valence-corrected chi connectivity index (χ3v) is 5.94. The molecule has 27 heavy (non-hydrogen) atoms. The summed E-state index contributed by atoms with van der Waals surface area (Å²) in [5.74, 6) is -0.258. The molecular formula is C19H24N4O3S. The molecule has 0 saturated heterocycles. The molecule has 7 nitrogen and oxygen atoms in total. The van der Waals surface area contributed by atoms with Gasteiger partial charge < -0.3 is 9.88 Å². The van der Waals surface area contributed by atoms with E-state index in [2.05, 4.69) is 28.6 Å². The highest BCUT2D eigenvalue weighted by atomic mass is 32.1. The number of thiophene rings is 1. The first-order valence-corrected chi connectivity index (χ1v) is 9.76. The zero-order valence-electron chi connectivity index (χ0n) is 15.8. The van der Waals surface area contributed by atoms with Crippen molar-refractivity contribution in [2.45, 2.75) is 25.9 Å². The van der Waals surface area contributed by atoms with E-state index in [0.717, 1.165) is 24.1 Å². The fraction of sp³-hybridized carbons (Fsp3) is 0.421. The second-order valence-corrected chi connectivity index (χ2v) is 7.86. The van der Waals surface area contributed by atoms with Crippen molar-refractivity contribution in [2.24, 2.45) is 14.1 Å². The second-order valence-electron chi connectivity index (χ2n) is 6.86. The lowest BCUT2D eigenvalue weighted by molar-refractivity contribution is -0.116. The Morgan fingerprint density at radius 2 is 2.15 bits per heavy atom. The van der Waals surface area contributed by atoms with Crippen molar-refractivity contribution in [3.63, 3.8) is 0 Å². The SMILES string of the molecule is CC(CNC(=O)/C=C/c1cn(C)c(=O)n(C)c1=O)N1CCc2sccc2C1. The predicted molar refractivity (Wildman–Crippen MR) is 107 cm³/mol. The summed E-state index contributed by atoms with van der Waals surface area (Å²) >= 11 is 1.81. The van der Waals surface area contributed by atoms with E-state index in [4.69, 9.17) is 0 Å². The van der Waals surface area contributed by atoms with Gasteiger partial charge in [-0.25, -0.2) is 4.79 Å². The molecule has 0 radical (unpaired) electrons. The van der Waals surface area contributed by atoms with Crippen LogP contribution in [0.5, 0.6) is 0 Å². The van der Waals surface area contributed by atoms with Gasteiger partial charge in [-0.1, -0.05) is 0 Å². The lowest BCUT2D eigenvalue weighted by Gasteiger charge is -2.32. The molecule has 1 aliphatic heterocycles. The van der Waals surface area contributed by atoms with Crippen LogP contribution in [0.25, 0.3) is 6.08 Å². The van der Waals surface area contributed by atoms with E-state index >= 15 is 0 Å². The first-order chi connectivity index (χ1) is 12.9. The van der Waals surface area contributed by atoms with Crippen molar-refractivity contribution in [3.8, 4) is 0 Å². The molecule has 2 aromatic heterocycles. The maximum atomic E-state index is 12.1. The molecule has 0 bridgehead atoms. The smallest absolute Gasteiger partial charge is 0.330 e. The van der Waals surface area contributed by atoms with Crippen LogP contribution >= 0.6 is 11.3 Å². The molecule has 0 fully saturated rings. The molecule has 1 aliphatic rings. The molecule has 3 rings (SSSR count). The zero-order chi connectivity index (χ0) is 19.6. The van der Waals surface area contributed by atoms with E-state index in [9.17, 15) is 14.4 Å². The zero-order valence-corrected chi connectivity index (χ0v) is 16.6. The van der Waals surface area contributed by atoms with Crippen LogP contribution in [0.1, 0.15) is 22.9 Å². The van der Waals surface area contributed by atoms with E-state index < -0.39 is 11.2 Å². The molecule has 1 atom stereocenters. The largest absolute Gasteiger partial charge is 0.351 e. The Hall–Kier alpha value is -2.45. The number of carbonyl (C=O) groups is 1. The van der Waals surface area contributed by atoms with Crippen molar-refractivity contribution < 1.29 is 4.79 Å². The number of fused-ring (bicyclic) bond motifs is 1. The number of hydrogen-bond acceptors (Lipinski definition) is 5. The highest BCUT2D eigenvalue weighted by molar-refractivity contribution is 7.10. The lowest BCUT2D eigenvalue weighted by Crippen LogP contribution is -2.43. The van der Waals surface area contributed by atoms with Gasteiger partial charge in [-0.2, -0.15) is 0 Å². The van der Waals surface area contributed by atoms with Crippen LogP contribution in [0.2, 0.25) is 0 Å². The summed E-state index contributed by atoms with van der Waals surface area (Å²) in [6.07, 6.45) is 5.27. The van der Waals surface area contributed by atoms with Crippen LogP contribution in [-0.4, -0.2) is 39.1 Å². The Kier molecular flexibility index (Phi) is 5.76. The van der Waals surface area contributed by atoms with Gasteiger partial charge >= 0.3 is 5.69 Å². The van der Waals surface area contributed by atoms with Gasteiger partial charge in [0.2, 0.25) is 5.91 Å². The molecule has 0 aliphatic carbocycles. The van der Waals surface area contributed by atoms with Gasteiger partial charge in [0.05, 0.1) is 5.56 Å². The number of aromatic nitrogens is 2. The van der Waals surface area contributed by atoms with E-state index in [1.54, 1.807) is 7.05 Å². The minimum atomic E-state index is -0.421. The van der Waals surface area contributed by atoms with Crippen LogP contribution in [0, 0.1) is 0 Å². The Morgan fingerprint density at radius 3 is 2.93 bits per heavy atom. The normalized spacial score (nSPS) is 15.7. The summed E-state index contributed by atoms with van der Waals surface area (Å²) < 4.78 is 2.34. The number of hydrogen-bond donors (Lipinski definition) is 1. The topological polar surface area (TPSA) is 76.3 Å². The number of carbonyl (C=O) groups excluding carboxylic acids is 1. The van der Waals surface area contributed by atoms with Crippen LogP contribution in [-0.2, 0) is 31.9 Å². The standard InChI is InChI=1S/C19H24N4O3S/c1-13(23-8-6-16-14(12-23)7-9-27-16)10-20-17(24)5-4-15-11-21(2)19(26)22(3)18(15)25/h4-5,7,9,11,13H,6,8,10,12H2,1-3H3,(H,20,24)/b5-4+. The molecule has 144 valence electrons. The second kappa shape index (κ2) is 8.06. The number of nitrogens with zero attached hydrogens (tertiary/aromatic N) is 3. The maximum Gasteiger partial charge on any atom is 0.330 e. The quantitative estimate of drug-likeness (QED) is 0.766. The van der Waals surface area contributed by atoms with Crippen molar-refractivity contribution >= 4 is 23.3 Å². The summed E-state index contributed by atoms with van der Waals surface area (Å²) in [6.45, 7) is 4.55. The molecule has 0 saturated carbocycles. The Labute approximate surface area is 161 Å². The number of nitrogens with one attached hydrogen (secondary N) is 1. The molecule has 1 unspecified atom stereocenters. The van der Waals surface area contributed by atoms with Gasteiger partial charge in [0.25, 0.3) is 5.56 Å². The number of aryl methyl sites for hydroxylation is 1. The minimum Gasteiger partial charge on any atom is -0.351 e. The molecule has 3 heterocycles. The van der Waals surface area contributed by atoms with Crippen molar-refractivity contribution in [1.82, 2.24) is 19.4 Å². The van der Waals surface area contributed by atoms with Crippen LogP contribution in [0.4, 0.5) is 0 Å². The van der Waals surface area contributed by atoms with Crippen molar-refractivity contribution in [1.29, 1.82) is 0 Å². The number of rotatable bonds is 5. The third kappa shape index (κ3) is 4.28. The average molecular weight is 388 g/mol. The predicted octanol–water partition coefficient (Wildman–Crippen LogP) is 0.722. The third-order valence-electron chi connectivity index (χ3n) is 4.92. The monoisotopic (exact) mass is 388 g/mol. The average Bonchev–Trinajstić information content (AvgIpc) is 3.13. The lowest BCUT2D eigenvalue weighted by atomic mass is 10.1. The highest BCUT2D eigenvalue weighted by Crippen LogP contribution is 2.24. The van der Waals surface area contributed by atoms with E-state index in [0.29, 0.717) is 12.1 Å². The summed E-state index contributed by atoms with van der Waals surface area (Å²) in [6, 6.07) is 2.40. The molecule has 0 spiro atoms. The molecule has 1 N–H and O–H groups in total. The summed E-state index contributed by atoms with van der Waals surface area (Å²) in [7, 11) is 2.99. The molecule has 0 aromatic carbocycles. The van der Waals surface area contributed by atoms with Gasteiger partial charge in [-0.15, -0.1) is 11.3 Å². The first kappa shape index (κ1) is 19.3. The highest BCUT2D eigenvalue weighted by Gasteiger charge is 2.21. The Morgan fingerprint density at radius 1 is 1.37 bits per heavy atom. The van der Waals surface area contributed by atoms with Crippen LogP contribution in [0.3, 0.4) is 0 Å². The van der Waals surface area contributed by atoms with Gasteiger partial charge in [0.15, 0.2) is 0 Å². The van der Waals surface area contributed by atoms with Gasteiger partial charge in [0, 0.05) is 56.9 Å². The Balaban J connectivity index is 1.56. The summed E-state index contributed by atoms with van der Waals surface area (Å²) in [5.41, 5.74) is 0.861. The first-order valence-electron chi connectivity index (χ1n) is 8.88. The van der Waals surface area contributed by atoms with Gasteiger partial charge in [-0.3, -0.25) is 19.1 Å².